The number of halogens is 6. The maximum atomic E-state index is 13.8. The van der Waals surface area contributed by atoms with Gasteiger partial charge in [-0.1, -0.05) is 23.4 Å². The van der Waals surface area contributed by atoms with E-state index in [0.717, 1.165) is 23.0 Å². The molecule has 5 rings (SSSR count). The summed E-state index contributed by atoms with van der Waals surface area (Å²) in [4.78, 5) is 28.2. The van der Waals surface area contributed by atoms with E-state index < -0.39 is 41.0 Å². The maximum absolute atomic E-state index is 13.8. The van der Waals surface area contributed by atoms with Crippen molar-refractivity contribution in [3.8, 4) is 0 Å². The van der Waals surface area contributed by atoms with Crippen LogP contribution in [0.2, 0.25) is 0 Å². The van der Waals surface area contributed by atoms with Gasteiger partial charge in [0.1, 0.15) is 6.61 Å². The van der Waals surface area contributed by atoms with Crippen molar-refractivity contribution < 1.29 is 45.4 Å². The number of rotatable bonds is 11. The number of alkyl halides is 6. The second-order valence-corrected chi connectivity index (χ2v) is 12.1. The number of hydrogen-bond acceptors (Lipinski definition) is 7. The first-order chi connectivity index (χ1) is 22.8. The number of nitrogens with zero attached hydrogens (tertiary/aromatic N) is 4. The lowest BCUT2D eigenvalue weighted by atomic mass is 9.98. The first-order valence-corrected chi connectivity index (χ1v) is 15.7. The number of ether oxygens (including phenoxy) is 2. The molecule has 1 amide bonds. The van der Waals surface area contributed by atoms with Gasteiger partial charge >= 0.3 is 12.4 Å². The Morgan fingerprint density at radius 3 is 2.46 bits per heavy atom. The normalized spacial score (nSPS) is 20.4. The van der Waals surface area contributed by atoms with E-state index in [9.17, 15) is 31.1 Å². The number of H-pyrrole nitrogens is 1. The molecule has 0 spiro atoms. The summed E-state index contributed by atoms with van der Waals surface area (Å²) in [5, 5.41) is 5.19. The molecule has 2 fully saturated rings. The molecule has 3 aromatic rings. The summed E-state index contributed by atoms with van der Waals surface area (Å²) in [6, 6.07) is 8.16. The zero-order valence-corrected chi connectivity index (χ0v) is 26.7. The van der Waals surface area contributed by atoms with E-state index in [0.29, 0.717) is 76.9 Å². The Kier molecular flexibility index (Phi) is 11.3. The van der Waals surface area contributed by atoms with E-state index in [-0.39, 0.29) is 18.7 Å². The summed E-state index contributed by atoms with van der Waals surface area (Å²) in [5.41, 5.74) is -1.28. The second kappa shape index (κ2) is 15.3. The summed E-state index contributed by atoms with van der Waals surface area (Å²) in [6.07, 6.45) is -7.99. The highest BCUT2D eigenvalue weighted by atomic mass is 19.4. The first kappa shape index (κ1) is 35.6. The van der Waals surface area contributed by atoms with E-state index in [2.05, 4.69) is 19.9 Å². The summed E-state index contributed by atoms with van der Waals surface area (Å²) < 4.78 is 92.5. The fourth-order valence-electron chi connectivity index (χ4n) is 6.30. The number of benzene rings is 2. The summed E-state index contributed by atoms with van der Waals surface area (Å²) >= 11 is 0. The molecule has 2 aliphatic heterocycles. The highest BCUT2D eigenvalue weighted by Crippen LogP contribution is 2.37. The Morgan fingerprint density at radius 1 is 1.02 bits per heavy atom. The molecule has 0 aliphatic carbocycles. The van der Waals surface area contributed by atoms with Crippen LogP contribution in [0, 0.1) is 0 Å². The zero-order valence-electron chi connectivity index (χ0n) is 26.7. The van der Waals surface area contributed by atoms with Crippen molar-refractivity contribution in [1.29, 1.82) is 0 Å². The predicted molar refractivity (Wildman–Crippen MR) is 167 cm³/mol. The van der Waals surface area contributed by atoms with E-state index in [1.54, 1.807) is 7.11 Å². The molecule has 1 unspecified atom stereocenters. The van der Waals surface area contributed by atoms with Gasteiger partial charge in [0.25, 0.3) is 5.91 Å². The Bertz CT molecular complexity index is 1540. The lowest BCUT2D eigenvalue weighted by Crippen LogP contribution is -2.56. The summed E-state index contributed by atoms with van der Waals surface area (Å²) in [6.45, 7) is 6.50. The Balaban J connectivity index is 1.31. The molecule has 1 aromatic heterocycles. The molecule has 2 aliphatic rings. The number of aromatic amines is 1. The van der Waals surface area contributed by atoms with Crippen LogP contribution in [0.5, 0.6) is 0 Å². The number of para-hydroxylation sites is 1. The minimum absolute atomic E-state index is 0.0290. The van der Waals surface area contributed by atoms with Crippen molar-refractivity contribution in [2.45, 2.75) is 37.8 Å². The molecule has 3 heterocycles. The second-order valence-electron chi connectivity index (χ2n) is 12.1. The molecular formula is C33H39F6N5O4. The molecule has 2 aromatic carbocycles. The van der Waals surface area contributed by atoms with Gasteiger partial charge < -0.3 is 24.2 Å². The summed E-state index contributed by atoms with van der Waals surface area (Å²) in [5.74, 6) is -0.889. The van der Waals surface area contributed by atoms with E-state index in [1.807, 2.05) is 37.4 Å². The highest BCUT2D eigenvalue weighted by Gasteiger charge is 2.39. The van der Waals surface area contributed by atoms with Crippen LogP contribution in [-0.4, -0.2) is 116 Å². The molecule has 0 radical (unpaired) electrons. The lowest BCUT2D eigenvalue weighted by molar-refractivity contribution is -0.143. The number of carbonyl (C=O) groups is 1. The number of carbonyl (C=O) groups excluding carboxylic acids is 1. The number of methoxy groups -OCH3 is 1. The van der Waals surface area contributed by atoms with Crippen LogP contribution in [-0.2, 0) is 33.1 Å². The van der Waals surface area contributed by atoms with Gasteiger partial charge in [0.05, 0.1) is 42.7 Å². The average Bonchev–Trinajstić information content (AvgIpc) is 3.45. The van der Waals surface area contributed by atoms with Gasteiger partial charge in [0, 0.05) is 75.1 Å². The molecule has 9 nitrogen and oxygen atoms in total. The molecular weight excluding hydrogens is 644 g/mol. The first-order valence-electron chi connectivity index (χ1n) is 15.7. The quantitative estimate of drug-likeness (QED) is 0.128. The molecule has 262 valence electrons. The monoisotopic (exact) mass is 683 g/mol. The molecule has 48 heavy (non-hydrogen) atoms. The smallest absolute Gasteiger partial charge is 0.394 e. The number of hydrogen-bond donors (Lipinski definition) is 1. The van der Waals surface area contributed by atoms with Crippen LogP contribution < -0.4 is 0 Å². The van der Waals surface area contributed by atoms with Crippen molar-refractivity contribution in [2.24, 2.45) is 5.16 Å². The fraction of sp³-hybridized carbons (Fsp3) is 0.515. The van der Waals surface area contributed by atoms with Gasteiger partial charge in [-0.3, -0.25) is 14.6 Å². The molecule has 15 heteroatoms. The Morgan fingerprint density at radius 2 is 1.75 bits per heavy atom. The highest BCUT2D eigenvalue weighted by molar-refractivity contribution is 5.95. The maximum Gasteiger partial charge on any atom is 0.416 e. The molecule has 1 N–H and O–H groups in total. The van der Waals surface area contributed by atoms with Gasteiger partial charge in [0.15, 0.2) is 0 Å². The van der Waals surface area contributed by atoms with Crippen molar-refractivity contribution >= 4 is 22.5 Å². The molecule has 2 saturated heterocycles. The van der Waals surface area contributed by atoms with Gasteiger partial charge in [-0.05, 0) is 43.2 Å². The zero-order chi connectivity index (χ0) is 34.5. The van der Waals surface area contributed by atoms with Crippen LogP contribution in [0.4, 0.5) is 26.3 Å². The standard InChI is InChI=1S/C33H39F6N5O4/c1-22(41-48-12-10-43-9-11-47-21-28(43)20-46-2)18-42-7-8-44(27(19-42)15-24-17-40-30-6-4-3-5-29(24)30)31(45)23-13-25(32(34,35)36)16-26(14-23)33(37,38)39/h3-6,13-14,16-17,27-28,40H,7-12,15,18-21H2,1-2H3/t27-,28?/m1/s1. The third-order valence-corrected chi connectivity index (χ3v) is 8.64. The van der Waals surface area contributed by atoms with E-state index >= 15 is 0 Å². The minimum atomic E-state index is -5.06. The van der Waals surface area contributed by atoms with Crippen molar-refractivity contribution in [1.82, 2.24) is 19.7 Å². The number of oxime groups is 1. The molecule has 0 bridgehead atoms. The van der Waals surface area contributed by atoms with E-state index in [1.165, 1.54) is 4.90 Å². The van der Waals surface area contributed by atoms with Crippen LogP contribution in [0.25, 0.3) is 10.9 Å². The van der Waals surface area contributed by atoms with E-state index in [4.69, 9.17) is 14.3 Å². The topological polar surface area (TPSA) is 82.6 Å². The Hall–Kier alpha value is -3.66. The van der Waals surface area contributed by atoms with Gasteiger partial charge in [0.2, 0.25) is 0 Å². The van der Waals surface area contributed by atoms with Crippen molar-refractivity contribution in [2.75, 3.05) is 72.8 Å². The number of nitrogens with one attached hydrogen (secondary N) is 1. The third kappa shape index (κ3) is 8.87. The van der Waals surface area contributed by atoms with Crippen LogP contribution >= 0.6 is 0 Å². The van der Waals surface area contributed by atoms with Crippen LogP contribution in [0.3, 0.4) is 0 Å². The number of piperazine rings is 1. The largest absolute Gasteiger partial charge is 0.416 e. The van der Waals surface area contributed by atoms with Crippen LogP contribution in [0.15, 0.2) is 53.8 Å². The van der Waals surface area contributed by atoms with Crippen molar-refractivity contribution in [3.05, 3.63) is 70.9 Å². The SMILES string of the molecule is COCC1COCCN1CCON=C(C)CN1CCN(C(=O)c2cc(C(F)(F)F)cc(C(F)(F)F)c2)[C@H](Cc2c[nH]c3ccccc23)C1. The van der Waals surface area contributed by atoms with Crippen LogP contribution in [0.1, 0.15) is 34.0 Å². The van der Waals surface area contributed by atoms with Gasteiger partial charge in [-0.2, -0.15) is 26.3 Å². The lowest BCUT2D eigenvalue weighted by Gasteiger charge is -2.41. The average molecular weight is 684 g/mol. The molecule has 0 saturated carbocycles. The minimum Gasteiger partial charge on any atom is -0.394 e. The number of fused-ring (bicyclic) bond motifs is 1. The predicted octanol–water partition coefficient (Wildman–Crippen LogP) is 5.31. The molecule has 2 atom stereocenters. The number of morpholine rings is 1. The fourth-order valence-corrected chi connectivity index (χ4v) is 6.30. The van der Waals surface area contributed by atoms with Crippen molar-refractivity contribution in [3.63, 3.8) is 0 Å². The Labute approximate surface area is 274 Å². The number of aromatic nitrogens is 1. The third-order valence-electron chi connectivity index (χ3n) is 8.64. The van der Waals surface area contributed by atoms with Gasteiger partial charge in [-0.25, -0.2) is 0 Å². The number of amides is 1. The summed E-state index contributed by atoms with van der Waals surface area (Å²) in [7, 11) is 1.65. The van der Waals surface area contributed by atoms with Gasteiger partial charge in [-0.15, -0.1) is 0 Å².